The fraction of sp³-hybridized carbons (Fsp3) is 0.562. The van der Waals surface area contributed by atoms with E-state index in [1.807, 2.05) is 6.26 Å². The van der Waals surface area contributed by atoms with E-state index in [1.165, 1.54) is 12.8 Å². The fourth-order valence-electron chi connectivity index (χ4n) is 3.29. The lowest BCUT2D eigenvalue weighted by Gasteiger charge is -2.31. The molecule has 0 aromatic carbocycles. The average Bonchev–Trinajstić information content (AvgIpc) is 3.23. The molecular weight excluding hydrogens is 356 g/mol. The van der Waals surface area contributed by atoms with Gasteiger partial charge in [0.1, 0.15) is 11.0 Å². The third-order valence-corrected chi connectivity index (χ3v) is 6.90. The van der Waals surface area contributed by atoms with E-state index in [0.717, 1.165) is 58.2 Å². The van der Waals surface area contributed by atoms with Crippen LogP contribution >= 0.6 is 23.1 Å². The van der Waals surface area contributed by atoms with Crippen LogP contribution in [0.25, 0.3) is 10.3 Å². The number of nitrogens with zero attached hydrogens (tertiary/aromatic N) is 6. The van der Waals surface area contributed by atoms with Gasteiger partial charge in [-0.25, -0.2) is 15.0 Å². The predicted octanol–water partition coefficient (Wildman–Crippen LogP) is 3.45. The van der Waals surface area contributed by atoms with E-state index in [9.17, 15) is 0 Å². The lowest BCUT2D eigenvalue weighted by molar-refractivity contribution is 0.365. The lowest BCUT2D eigenvalue weighted by atomic mass is 9.96. The molecule has 0 unspecified atom stereocenters. The first-order valence-corrected chi connectivity index (χ1v) is 10.6. The molecule has 1 saturated carbocycles. The van der Waals surface area contributed by atoms with E-state index in [2.05, 4.69) is 30.0 Å². The monoisotopic (exact) mass is 374 g/mol. The SMILES string of the molecule is CSc1nc2ncnc(N3CCC(c4noc(C5CC5)n4)CC3)c2s1. The number of aromatic nitrogens is 5. The summed E-state index contributed by atoms with van der Waals surface area (Å²) in [6.07, 6.45) is 8.08. The van der Waals surface area contributed by atoms with Gasteiger partial charge < -0.3 is 9.42 Å². The quantitative estimate of drug-likeness (QED) is 0.642. The standard InChI is InChI=1S/C16H18N6OS2/c1-24-16-20-13-11(25-16)14(18-8-17-13)22-6-4-9(5-7-22)12-19-15(23-21-12)10-2-3-10/h8-10H,2-7H2,1H3. The van der Waals surface area contributed by atoms with Gasteiger partial charge in [0, 0.05) is 24.9 Å². The van der Waals surface area contributed by atoms with Crippen LogP contribution in [0, 0.1) is 0 Å². The van der Waals surface area contributed by atoms with Crippen LogP contribution in [0.3, 0.4) is 0 Å². The number of anilines is 1. The number of thioether (sulfide) groups is 1. The second-order valence-electron chi connectivity index (χ2n) is 6.56. The molecular formula is C16H18N6OS2. The first-order chi connectivity index (χ1) is 12.3. The second kappa shape index (κ2) is 6.21. The molecule has 0 bridgehead atoms. The van der Waals surface area contributed by atoms with Gasteiger partial charge in [-0.15, -0.1) is 11.3 Å². The smallest absolute Gasteiger partial charge is 0.229 e. The Morgan fingerprint density at radius 2 is 1.96 bits per heavy atom. The maximum absolute atomic E-state index is 5.42. The summed E-state index contributed by atoms with van der Waals surface area (Å²) in [5.41, 5.74) is 0.800. The summed E-state index contributed by atoms with van der Waals surface area (Å²) in [4.78, 5) is 20.4. The van der Waals surface area contributed by atoms with Crippen molar-refractivity contribution in [1.29, 1.82) is 0 Å². The molecule has 1 aliphatic carbocycles. The van der Waals surface area contributed by atoms with Crippen molar-refractivity contribution in [3.8, 4) is 0 Å². The molecule has 9 heteroatoms. The summed E-state index contributed by atoms with van der Waals surface area (Å²) >= 11 is 3.33. The normalized spacial score (nSPS) is 19.0. The summed E-state index contributed by atoms with van der Waals surface area (Å²) < 4.78 is 7.54. The third kappa shape index (κ3) is 2.89. The van der Waals surface area contributed by atoms with Gasteiger partial charge in [-0.05, 0) is 31.9 Å². The van der Waals surface area contributed by atoms with Crippen molar-refractivity contribution in [2.45, 2.75) is 41.9 Å². The summed E-state index contributed by atoms with van der Waals surface area (Å²) in [6.45, 7) is 1.88. The van der Waals surface area contributed by atoms with Crippen LogP contribution in [0.5, 0.6) is 0 Å². The van der Waals surface area contributed by atoms with Crippen molar-refractivity contribution in [3.05, 3.63) is 18.0 Å². The summed E-state index contributed by atoms with van der Waals surface area (Å²) in [7, 11) is 0. The molecule has 0 atom stereocenters. The van der Waals surface area contributed by atoms with Crippen molar-refractivity contribution >= 4 is 39.3 Å². The van der Waals surface area contributed by atoms with Crippen LogP contribution in [-0.2, 0) is 0 Å². The minimum absolute atomic E-state index is 0.382. The van der Waals surface area contributed by atoms with Crippen molar-refractivity contribution in [2.75, 3.05) is 24.2 Å². The highest BCUT2D eigenvalue weighted by atomic mass is 32.2. The number of fused-ring (bicyclic) bond motifs is 1. The van der Waals surface area contributed by atoms with Crippen molar-refractivity contribution in [2.24, 2.45) is 0 Å². The first kappa shape index (κ1) is 15.5. The summed E-state index contributed by atoms with van der Waals surface area (Å²) in [5.74, 6) is 3.63. The highest BCUT2D eigenvalue weighted by Gasteiger charge is 2.32. The van der Waals surface area contributed by atoms with E-state index in [0.29, 0.717) is 11.8 Å². The van der Waals surface area contributed by atoms with E-state index < -0.39 is 0 Å². The van der Waals surface area contributed by atoms with Crippen molar-refractivity contribution < 1.29 is 4.52 Å². The molecule has 3 aromatic heterocycles. The molecule has 130 valence electrons. The van der Waals surface area contributed by atoms with Crippen LogP contribution < -0.4 is 4.90 Å². The maximum Gasteiger partial charge on any atom is 0.229 e. The zero-order valence-electron chi connectivity index (χ0n) is 13.9. The lowest BCUT2D eigenvalue weighted by Crippen LogP contribution is -2.33. The van der Waals surface area contributed by atoms with Crippen LogP contribution in [-0.4, -0.2) is 44.4 Å². The molecule has 4 heterocycles. The zero-order chi connectivity index (χ0) is 16.8. The van der Waals surface area contributed by atoms with Gasteiger partial charge in [-0.1, -0.05) is 16.9 Å². The van der Waals surface area contributed by atoms with Gasteiger partial charge in [0.2, 0.25) is 5.89 Å². The topological polar surface area (TPSA) is 80.8 Å². The van der Waals surface area contributed by atoms with Gasteiger partial charge in [0.05, 0.1) is 0 Å². The van der Waals surface area contributed by atoms with E-state index in [4.69, 9.17) is 4.52 Å². The molecule has 25 heavy (non-hydrogen) atoms. The highest BCUT2D eigenvalue weighted by Crippen LogP contribution is 2.40. The van der Waals surface area contributed by atoms with Gasteiger partial charge in [0.25, 0.3) is 0 Å². The van der Waals surface area contributed by atoms with Gasteiger partial charge in [-0.2, -0.15) is 4.98 Å². The van der Waals surface area contributed by atoms with E-state index >= 15 is 0 Å². The molecule has 0 N–H and O–H groups in total. The Hall–Kier alpha value is -1.74. The average molecular weight is 374 g/mol. The largest absolute Gasteiger partial charge is 0.355 e. The molecule has 0 amide bonds. The minimum atomic E-state index is 0.382. The Bertz CT molecular complexity index is 897. The molecule has 1 aliphatic heterocycles. The number of rotatable bonds is 4. The fourth-order valence-corrected chi connectivity index (χ4v) is 4.82. The van der Waals surface area contributed by atoms with Gasteiger partial charge >= 0.3 is 0 Å². The maximum atomic E-state index is 5.42. The minimum Gasteiger partial charge on any atom is -0.355 e. The predicted molar refractivity (Wildman–Crippen MR) is 97.5 cm³/mol. The highest BCUT2D eigenvalue weighted by molar-refractivity contribution is 8.00. The van der Waals surface area contributed by atoms with Gasteiger partial charge in [-0.3, -0.25) is 0 Å². The molecule has 0 radical (unpaired) electrons. The van der Waals surface area contributed by atoms with Crippen LogP contribution in [0.15, 0.2) is 15.2 Å². The number of thiazole rings is 1. The number of hydrogen-bond acceptors (Lipinski definition) is 9. The van der Waals surface area contributed by atoms with Crippen LogP contribution in [0.1, 0.15) is 49.2 Å². The van der Waals surface area contributed by atoms with Crippen LogP contribution in [0.4, 0.5) is 5.82 Å². The van der Waals surface area contributed by atoms with Crippen molar-refractivity contribution in [3.63, 3.8) is 0 Å². The first-order valence-electron chi connectivity index (χ1n) is 8.56. The molecule has 1 saturated heterocycles. The Balaban J connectivity index is 1.33. The Morgan fingerprint density at radius 1 is 1.12 bits per heavy atom. The zero-order valence-corrected chi connectivity index (χ0v) is 15.5. The molecule has 2 aliphatic rings. The Labute approximate surface area is 153 Å². The van der Waals surface area contributed by atoms with E-state index in [1.54, 1.807) is 29.4 Å². The number of piperidine rings is 1. The summed E-state index contributed by atoms with van der Waals surface area (Å²) in [5, 5.41) is 4.22. The third-order valence-electron chi connectivity index (χ3n) is 4.87. The van der Waals surface area contributed by atoms with Gasteiger partial charge in [0.15, 0.2) is 21.6 Å². The molecule has 5 rings (SSSR count). The Morgan fingerprint density at radius 3 is 2.72 bits per heavy atom. The second-order valence-corrected chi connectivity index (χ2v) is 8.61. The Kier molecular flexibility index (Phi) is 3.85. The number of hydrogen-bond donors (Lipinski definition) is 0. The van der Waals surface area contributed by atoms with Crippen LogP contribution in [0.2, 0.25) is 0 Å². The summed E-state index contributed by atoms with van der Waals surface area (Å²) in [6, 6.07) is 0. The molecule has 3 aromatic rings. The van der Waals surface area contributed by atoms with E-state index in [-0.39, 0.29) is 0 Å². The molecule has 2 fully saturated rings. The molecule has 0 spiro atoms. The van der Waals surface area contributed by atoms with Crippen molar-refractivity contribution in [1.82, 2.24) is 25.1 Å². The molecule has 7 nitrogen and oxygen atoms in total.